The maximum atomic E-state index is 14.0. The van der Waals surface area contributed by atoms with Crippen molar-refractivity contribution in [2.75, 3.05) is 25.2 Å². The average Bonchev–Trinajstić information content (AvgIpc) is 3.33. The van der Waals surface area contributed by atoms with Crippen LogP contribution in [0.4, 0.5) is 18.9 Å². The first-order chi connectivity index (χ1) is 18.4. The van der Waals surface area contributed by atoms with E-state index in [2.05, 4.69) is 5.10 Å². The number of aromatic amines is 1. The maximum absolute atomic E-state index is 14.0. The predicted molar refractivity (Wildman–Crippen MR) is 137 cm³/mol. The Morgan fingerprint density at radius 2 is 1.79 bits per heavy atom. The molecule has 11 heteroatoms. The summed E-state index contributed by atoms with van der Waals surface area (Å²) in [4.78, 5) is 15.1. The van der Waals surface area contributed by atoms with Gasteiger partial charge in [0.2, 0.25) is 0 Å². The van der Waals surface area contributed by atoms with Gasteiger partial charge in [0.25, 0.3) is 5.56 Å². The van der Waals surface area contributed by atoms with Crippen LogP contribution < -0.4 is 20.7 Å². The van der Waals surface area contributed by atoms with Crippen molar-refractivity contribution in [1.29, 1.82) is 0 Å². The molecular formula is C28H27ClF3N3O4-2. The summed E-state index contributed by atoms with van der Waals surface area (Å²) >= 11 is 6.25. The standard InChI is InChI=1S/C28H27ClF3N3O4/c1-27(2)18-13-15(29)9-10-19(18)34(11-12-39-3)20(27)14-17-23(36)21(24(17)37)22-25(28(30,31)32)33-35(26(22)38)16-7-5-4-6-8-16/h4-10,13-14,17,21,23-24,33H,11-12H2,1-3H3/q-2. The maximum Gasteiger partial charge on any atom is 0.433 e. The third-order valence-electron chi connectivity index (χ3n) is 7.75. The van der Waals surface area contributed by atoms with Crippen LogP contribution >= 0.6 is 11.6 Å². The minimum atomic E-state index is -4.96. The lowest BCUT2D eigenvalue weighted by atomic mass is 9.64. The van der Waals surface area contributed by atoms with Gasteiger partial charge in [0.1, 0.15) is 5.69 Å². The van der Waals surface area contributed by atoms with Gasteiger partial charge in [-0.05, 0) is 47.7 Å². The average molecular weight is 562 g/mol. The number of fused-ring (bicyclic) bond motifs is 1. The van der Waals surface area contributed by atoms with Crippen molar-refractivity contribution in [1.82, 2.24) is 9.78 Å². The minimum Gasteiger partial charge on any atom is -0.851 e. The zero-order valence-corrected chi connectivity index (χ0v) is 22.2. The second-order valence-electron chi connectivity index (χ2n) is 10.4. The molecule has 7 nitrogen and oxygen atoms in total. The molecule has 3 aromatic rings. The summed E-state index contributed by atoms with van der Waals surface area (Å²) in [6.07, 6.45) is -6.85. The Balaban J connectivity index is 1.54. The van der Waals surface area contributed by atoms with E-state index < -0.39 is 52.5 Å². The Labute approximate surface area is 228 Å². The molecule has 2 atom stereocenters. The van der Waals surface area contributed by atoms with Crippen LogP contribution in [0.25, 0.3) is 5.69 Å². The molecule has 0 radical (unpaired) electrons. The number of ether oxygens (including phenoxy) is 1. The second kappa shape index (κ2) is 9.85. The van der Waals surface area contributed by atoms with Crippen LogP contribution in [-0.4, -0.2) is 42.2 Å². The van der Waals surface area contributed by atoms with Gasteiger partial charge in [-0.1, -0.05) is 49.7 Å². The number of halogens is 4. The summed E-state index contributed by atoms with van der Waals surface area (Å²) in [6, 6.07) is 13.1. The highest BCUT2D eigenvalue weighted by molar-refractivity contribution is 6.30. The molecule has 2 aromatic carbocycles. The Morgan fingerprint density at radius 1 is 1.13 bits per heavy atom. The quantitative estimate of drug-likeness (QED) is 0.498. The van der Waals surface area contributed by atoms with Crippen LogP contribution in [0.3, 0.4) is 0 Å². The van der Waals surface area contributed by atoms with Crippen LogP contribution in [0.2, 0.25) is 5.02 Å². The fourth-order valence-corrected chi connectivity index (χ4v) is 5.89. The molecule has 1 fully saturated rings. The summed E-state index contributed by atoms with van der Waals surface area (Å²) in [6.45, 7) is 4.66. The molecule has 0 amide bonds. The molecule has 0 bridgehead atoms. The topological polar surface area (TPSA) is 96.4 Å². The molecule has 5 rings (SSSR count). The molecule has 0 saturated heterocycles. The molecule has 208 valence electrons. The zero-order chi connectivity index (χ0) is 28.3. The number of para-hydroxylation sites is 1. The second-order valence-corrected chi connectivity index (χ2v) is 10.8. The number of nitrogens with zero attached hydrogens (tertiary/aromatic N) is 2. The molecule has 1 aliphatic heterocycles. The molecule has 39 heavy (non-hydrogen) atoms. The zero-order valence-electron chi connectivity index (χ0n) is 21.5. The summed E-state index contributed by atoms with van der Waals surface area (Å²) in [5, 5.41) is 29.5. The normalized spacial score (nSPS) is 25.2. The highest BCUT2D eigenvalue weighted by atomic mass is 35.5. The lowest BCUT2D eigenvalue weighted by molar-refractivity contribution is -0.543. The number of aromatic nitrogens is 2. The smallest absolute Gasteiger partial charge is 0.433 e. The van der Waals surface area contributed by atoms with Gasteiger partial charge in [-0.15, -0.1) is 12.2 Å². The molecule has 1 aliphatic carbocycles. The lowest BCUT2D eigenvalue weighted by Gasteiger charge is -2.60. The number of hydrogen-bond donors (Lipinski definition) is 1. The number of H-pyrrole nitrogens is 1. The van der Waals surface area contributed by atoms with Crippen LogP contribution in [-0.2, 0) is 16.3 Å². The highest BCUT2D eigenvalue weighted by Crippen LogP contribution is 2.51. The number of anilines is 1. The van der Waals surface area contributed by atoms with Crippen molar-refractivity contribution < 1.29 is 28.1 Å². The molecular weight excluding hydrogens is 535 g/mol. The van der Waals surface area contributed by atoms with E-state index in [1.165, 1.54) is 12.1 Å². The van der Waals surface area contributed by atoms with E-state index >= 15 is 0 Å². The van der Waals surface area contributed by atoms with Crippen LogP contribution in [0.5, 0.6) is 0 Å². The van der Waals surface area contributed by atoms with E-state index in [4.69, 9.17) is 16.3 Å². The monoisotopic (exact) mass is 561 g/mol. The molecule has 1 N–H and O–H groups in total. The van der Waals surface area contributed by atoms with E-state index in [9.17, 15) is 28.2 Å². The number of alkyl halides is 3. The van der Waals surface area contributed by atoms with E-state index in [0.29, 0.717) is 23.9 Å². The first kappa shape index (κ1) is 27.5. The summed E-state index contributed by atoms with van der Waals surface area (Å²) in [5.41, 5.74) is -1.26. The van der Waals surface area contributed by atoms with Crippen LogP contribution in [0, 0.1) is 5.92 Å². The van der Waals surface area contributed by atoms with E-state index in [-0.39, 0.29) is 5.69 Å². The lowest BCUT2D eigenvalue weighted by Crippen LogP contribution is -2.65. The molecule has 2 unspecified atom stereocenters. The molecule has 0 spiro atoms. The molecule has 1 saturated carbocycles. The van der Waals surface area contributed by atoms with Crippen molar-refractivity contribution in [2.45, 2.75) is 43.6 Å². The van der Waals surface area contributed by atoms with Gasteiger partial charge in [-0.2, -0.15) is 13.2 Å². The van der Waals surface area contributed by atoms with Crippen molar-refractivity contribution in [2.24, 2.45) is 5.92 Å². The summed E-state index contributed by atoms with van der Waals surface area (Å²) in [5.74, 6) is -2.77. The van der Waals surface area contributed by atoms with Crippen LogP contribution in [0.1, 0.15) is 36.6 Å². The van der Waals surface area contributed by atoms with Gasteiger partial charge < -0.3 is 19.8 Å². The Kier molecular flexibility index (Phi) is 6.95. The number of nitrogens with one attached hydrogen (secondary N) is 1. The fourth-order valence-electron chi connectivity index (χ4n) is 5.71. The first-order valence-corrected chi connectivity index (χ1v) is 12.8. The van der Waals surface area contributed by atoms with Gasteiger partial charge in [0.15, 0.2) is 0 Å². The summed E-state index contributed by atoms with van der Waals surface area (Å²) < 4.78 is 47.9. The van der Waals surface area contributed by atoms with Crippen molar-refractivity contribution >= 4 is 17.3 Å². The Morgan fingerprint density at radius 3 is 2.41 bits per heavy atom. The van der Waals surface area contributed by atoms with Crippen molar-refractivity contribution in [3.05, 3.63) is 92.5 Å². The fraction of sp³-hybridized carbons (Fsp3) is 0.393. The van der Waals surface area contributed by atoms with E-state index in [1.54, 1.807) is 37.5 Å². The highest BCUT2D eigenvalue weighted by Gasteiger charge is 2.48. The third kappa shape index (κ3) is 4.49. The first-order valence-electron chi connectivity index (χ1n) is 12.5. The van der Waals surface area contributed by atoms with Gasteiger partial charge in [0, 0.05) is 35.5 Å². The van der Waals surface area contributed by atoms with E-state index in [0.717, 1.165) is 15.9 Å². The Bertz CT molecular complexity index is 1450. The van der Waals surface area contributed by atoms with Crippen molar-refractivity contribution in [3.8, 4) is 5.69 Å². The number of methoxy groups -OCH3 is 1. The molecule has 1 aromatic heterocycles. The number of hydrogen-bond acceptors (Lipinski definition) is 5. The van der Waals surface area contributed by atoms with Gasteiger partial charge >= 0.3 is 6.18 Å². The van der Waals surface area contributed by atoms with Gasteiger partial charge in [-0.25, -0.2) is 4.68 Å². The van der Waals surface area contributed by atoms with Crippen LogP contribution in [0.15, 0.2) is 65.1 Å². The largest absolute Gasteiger partial charge is 0.851 e. The molecule has 2 heterocycles. The Hall–Kier alpha value is -3.05. The minimum absolute atomic E-state index is 0.167. The third-order valence-corrected chi connectivity index (χ3v) is 7.98. The van der Waals surface area contributed by atoms with Gasteiger partial charge in [-0.3, -0.25) is 9.89 Å². The van der Waals surface area contributed by atoms with E-state index in [1.807, 2.05) is 30.9 Å². The number of rotatable bonds is 6. The SMILES string of the molecule is COCCN1C(=CC2C([O-])C(c3c(C(F)(F)F)[nH]n(-c4ccccc4)c3=O)C2[O-])C(C)(C)c2cc(Cl)ccc21. The summed E-state index contributed by atoms with van der Waals surface area (Å²) in [7, 11) is 1.56. The predicted octanol–water partition coefficient (Wildman–Crippen LogP) is 3.34. The van der Waals surface area contributed by atoms with Crippen molar-refractivity contribution in [3.63, 3.8) is 0 Å². The van der Waals surface area contributed by atoms with Gasteiger partial charge in [0.05, 0.1) is 17.9 Å². The number of allylic oxidation sites excluding steroid dienone is 1. The molecule has 2 aliphatic rings. The number of benzene rings is 2.